The number of hydrazine groups is 1. The second-order valence-corrected chi connectivity index (χ2v) is 6.79. The highest BCUT2D eigenvalue weighted by molar-refractivity contribution is 9.10. The van der Waals surface area contributed by atoms with Crippen LogP contribution in [0.1, 0.15) is 10.4 Å². The monoisotopic (exact) mass is 392 g/mol. The molecule has 1 aliphatic rings. The lowest BCUT2D eigenvalue weighted by atomic mass is 10.3. The number of halogens is 1. The number of aromatic nitrogens is 2. The van der Waals surface area contributed by atoms with Crippen molar-refractivity contribution in [2.24, 2.45) is 5.84 Å². The van der Waals surface area contributed by atoms with Crippen LogP contribution in [0.2, 0.25) is 0 Å². The second-order valence-electron chi connectivity index (χ2n) is 4.93. The standard InChI is InChI=1S/C14H13BrN6OS/c15-11-7-18-14(19-3-1-4-20(17)9-19)21(13(11)22)8-12-10(6-16)2-5-23-12/h1-3,5,7H,4,8-9,17H2. The molecule has 0 amide bonds. The Hall–Kier alpha value is -1.99. The Morgan fingerprint density at radius 2 is 2.35 bits per heavy atom. The van der Waals surface area contributed by atoms with Gasteiger partial charge in [0, 0.05) is 17.6 Å². The molecule has 0 atom stereocenters. The molecule has 0 saturated heterocycles. The first-order chi connectivity index (χ1) is 11.1. The molecule has 0 aliphatic carbocycles. The largest absolute Gasteiger partial charge is 0.304 e. The minimum Gasteiger partial charge on any atom is -0.304 e. The summed E-state index contributed by atoms with van der Waals surface area (Å²) >= 11 is 4.67. The van der Waals surface area contributed by atoms with E-state index in [9.17, 15) is 4.79 Å². The van der Waals surface area contributed by atoms with E-state index in [2.05, 4.69) is 27.0 Å². The topological polar surface area (TPSA) is 91.2 Å². The number of nitrogens with zero attached hydrogens (tertiary/aromatic N) is 5. The quantitative estimate of drug-likeness (QED) is 0.794. The van der Waals surface area contributed by atoms with Crippen LogP contribution >= 0.6 is 27.3 Å². The molecule has 0 unspecified atom stereocenters. The van der Waals surface area contributed by atoms with Crippen LogP contribution in [0.3, 0.4) is 0 Å². The van der Waals surface area contributed by atoms with Gasteiger partial charge in [-0.15, -0.1) is 11.3 Å². The van der Waals surface area contributed by atoms with Gasteiger partial charge in [-0.25, -0.2) is 9.99 Å². The van der Waals surface area contributed by atoms with Crippen molar-refractivity contribution < 1.29 is 0 Å². The molecule has 0 radical (unpaired) electrons. The Labute approximate surface area is 145 Å². The normalized spacial score (nSPS) is 14.9. The molecule has 118 valence electrons. The minimum atomic E-state index is -0.199. The van der Waals surface area contributed by atoms with Crippen LogP contribution in [0.15, 0.2) is 39.2 Å². The van der Waals surface area contributed by atoms with E-state index in [1.807, 2.05) is 17.7 Å². The number of hydrogen-bond donors (Lipinski definition) is 1. The molecule has 0 spiro atoms. The maximum atomic E-state index is 12.5. The van der Waals surface area contributed by atoms with Crippen LogP contribution in [0.25, 0.3) is 0 Å². The molecule has 3 rings (SSSR count). The summed E-state index contributed by atoms with van der Waals surface area (Å²) < 4.78 is 1.92. The van der Waals surface area contributed by atoms with Crippen molar-refractivity contribution in [2.75, 3.05) is 18.1 Å². The average Bonchev–Trinajstić information content (AvgIpc) is 2.99. The minimum absolute atomic E-state index is 0.199. The summed E-state index contributed by atoms with van der Waals surface area (Å²) in [6.45, 7) is 1.36. The number of nitriles is 1. The Morgan fingerprint density at radius 3 is 3.09 bits per heavy atom. The molecule has 2 N–H and O–H groups in total. The fraction of sp³-hybridized carbons (Fsp3) is 0.214. The van der Waals surface area contributed by atoms with Crippen LogP contribution in [-0.4, -0.2) is 27.8 Å². The number of thiophene rings is 1. The van der Waals surface area contributed by atoms with Gasteiger partial charge < -0.3 is 4.90 Å². The van der Waals surface area contributed by atoms with Gasteiger partial charge in [-0.05, 0) is 27.4 Å². The van der Waals surface area contributed by atoms with E-state index >= 15 is 0 Å². The lowest BCUT2D eigenvalue weighted by Crippen LogP contribution is -2.45. The summed E-state index contributed by atoms with van der Waals surface area (Å²) in [4.78, 5) is 19.5. The van der Waals surface area contributed by atoms with Crippen molar-refractivity contribution >= 4 is 33.2 Å². The van der Waals surface area contributed by atoms with E-state index in [4.69, 9.17) is 11.1 Å². The SMILES string of the molecule is N#Cc1ccsc1Cn1c(N2C=CCN(N)C2)ncc(Br)c1=O. The summed E-state index contributed by atoms with van der Waals surface area (Å²) in [5.41, 5.74) is 0.372. The average molecular weight is 393 g/mol. The van der Waals surface area contributed by atoms with E-state index in [1.165, 1.54) is 17.5 Å². The summed E-state index contributed by atoms with van der Waals surface area (Å²) in [6.07, 6.45) is 5.24. The summed E-state index contributed by atoms with van der Waals surface area (Å²) in [6, 6.07) is 3.89. The highest BCUT2D eigenvalue weighted by atomic mass is 79.9. The first-order valence-corrected chi connectivity index (χ1v) is 8.42. The highest BCUT2D eigenvalue weighted by Crippen LogP contribution is 2.21. The van der Waals surface area contributed by atoms with Crippen LogP contribution in [0, 0.1) is 11.3 Å². The van der Waals surface area contributed by atoms with Gasteiger partial charge in [0.25, 0.3) is 5.56 Å². The van der Waals surface area contributed by atoms with Gasteiger partial charge >= 0.3 is 0 Å². The first-order valence-electron chi connectivity index (χ1n) is 6.75. The molecule has 0 saturated carbocycles. The molecule has 9 heteroatoms. The Balaban J connectivity index is 2.06. The molecule has 2 aromatic heterocycles. The third kappa shape index (κ3) is 3.20. The van der Waals surface area contributed by atoms with Crippen LogP contribution in [0.5, 0.6) is 0 Å². The van der Waals surface area contributed by atoms with E-state index in [-0.39, 0.29) is 12.1 Å². The molecule has 0 fully saturated rings. The van der Waals surface area contributed by atoms with Gasteiger partial charge in [-0.1, -0.05) is 6.08 Å². The highest BCUT2D eigenvalue weighted by Gasteiger charge is 2.19. The van der Waals surface area contributed by atoms with E-state index in [1.54, 1.807) is 20.5 Å². The van der Waals surface area contributed by atoms with Crippen molar-refractivity contribution in [3.05, 3.63) is 55.2 Å². The Kier molecular flexibility index (Phi) is 4.58. The molecular formula is C14H13BrN6OS. The van der Waals surface area contributed by atoms with Crippen LogP contribution < -0.4 is 16.3 Å². The van der Waals surface area contributed by atoms with Crippen molar-refractivity contribution in [2.45, 2.75) is 6.54 Å². The van der Waals surface area contributed by atoms with Gasteiger partial charge in [0.2, 0.25) is 5.95 Å². The fourth-order valence-corrected chi connectivity index (χ4v) is 3.41. The maximum absolute atomic E-state index is 12.5. The van der Waals surface area contributed by atoms with Gasteiger partial charge in [0.15, 0.2) is 0 Å². The Bertz CT molecular complexity index is 852. The molecule has 2 aromatic rings. The molecule has 1 aliphatic heterocycles. The van der Waals surface area contributed by atoms with Crippen molar-refractivity contribution in [3.63, 3.8) is 0 Å². The van der Waals surface area contributed by atoms with Crippen LogP contribution in [-0.2, 0) is 6.54 Å². The molecule has 23 heavy (non-hydrogen) atoms. The summed E-state index contributed by atoms with van der Waals surface area (Å²) in [5.74, 6) is 6.33. The third-order valence-corrected chi connectivity index (χ3v) is 4.82. The summed E-state index contributed by atoms with van der Waals surface area (Å²) in [7, 11) is 0. The lowest BCUT2D eigenvalue weighted by Gasteiger charge is -2.30. The lowest BCUT2D eigenvalue weighted by molar-refractivity contribution is 0.308. The zero-order chi connectivity index (χ0) is 16.4. The van der Waals surface area contributed by atoms with Gasteiger partial charge in [-0.2, -0.15) is 5.26 Å². The smallest absolute Gasteiger partial charge is 0.269 e. The predicted octanol–water partition coefficient (Wildman–Crippen LogP) is 1.45. The second kappa shape index (κ2) is 6.64. The van der Waals surface area contributed by atoms with Crippen LogP contribution in [0.4, 0.5) is 5.95 Å². The van der Waals surface area contributed by atoms with Gasteiger partial charge in [0.05, 0.1) is 25.0 Å². The van der Waals surface area contributed by atoms with E-state index in [0.717, 1.165) is 4.88 Å². The number of anilines is 1. The molecular weight excluding hydrogens is 380 g/mol. The third-order valence-electron chi connectivity index (χ3n) is 3.37. The van der Waals surface area contributed by atoms with E-state index in [0.29, 0.717) is 29.2 Å². The molecule has 0 aromatic carbocycles. The maximum Gasteiger partial charge on any atom is 0.269 e. The molecule has 7 nitrogen and oxygen atoms in total. The number of nitrogens with two attached hydrogens (primary N) is 1. The van der Waals surface area contributed by atoms with Crippen molar-refractivity contribution in [1.82, 2.24) is 14.6 Å². The summed E-state index contributed by atoms with van der Waals surface area (Å²) in [5, 5.41) is 12.6. The van der Waals surface area contributed by atoms with E-state index < -0.39 is 0 Å². The fourth-order valence-electron chi connectivity index (χ4n) is 2.28. The predicted molar refractivity (Wildman–Crippen MR) is 91.7 cm³/mol. The zero-order valence-electron chi connectivity index (χ0n) is 12.0. The van der Waals surface area contributed by atoms with Crippen molar-refractivity contribution in [1.29, 1.82) is 5.26 Å². The Morgan fingerprint density at radius 1 is 1.52 bits per heavy atom. The number of hydrogen-bond acceptors (Lipinski definition) is 7. The number of rotatable bonds is 3. The first kappa shape index (κ1) is 15.9. The van der Waals surface area contributed by atoms with Gasteiger partial charge in [-0.3, -0.25) is 15.2 Å². The van der Waals surface area contributed by atoms with Crippen molar-refractivity contribution in [3.8, 4) is 6.07 Å². The zero-order valence-corrected chi connectivity index (χ0v) is 14.4. The molecule has 3 heterocycles. The molecule has 0 bridgehead atoms. The van der Waals surface area contributed by atoms with Gasteiger partial charge in [0.1, 0.15) is 10.5 Å².